The highest BCUT2D eigenvalue weighted by Gasteiger charge is 2.34. The molecular weight excluding hydrogens is 299 g/mol. The summed E-state index contributed by atoms with van der Waals surface area (Å²) in [6, 6.07) is 2.19. The van der Waals surface area contributed by atoms with E-state index in [-0.39, 0.29) is 18.4 Å². The van der Waals surface area contributed by atoms with Gasteiger partial charge in [-0.15, -0.1) is 0 Å². The highest BCUT2D eigenvalue weighted by Crippen LogP contribution is 2.27. The average Bonchev–Trinajstić information content (AvgIpc) is 2.36. The van der Waals surface area contributed by atoms with Gasteiger partial charge >= 0.3 is 6.18 Å². The molecule has 6 nitrogen and oxygen atoms in total. The van der Waals surface area contributed by atoms with Gasteiger partial charge in [0.1, 0.15) is 0 Å². The highest BCUT2D eigenvalue weighted by molar-refractivity contribution is 5.44. The lowest BCUT2D eigenvalue weighted by atomic mass is 10.3. The van der Waals surface area contributed by atoms with Crippen molar-refractivity contribution in [2.45, 2.75) is 33.5 Å². The second kappa shape index (κ2) is 5.74. The molecule has 2 heterocycles. The molecule has 2 aromatic rings. The molecular formula is C13H14F3N5O. The molecule has 1 N–H and O–H groups in total. The predicted octanol–water partition coefficient (Wildman–Crippen LogP) is 2.43. The molecule has 0 atom stereocenters. The zero-order valence-electron chi connectivity index (χ0n) is 12.2. The Morgan fingerprint density at radius 2 is 1.73 bits per heavy atom. The van der Waals surface area contributed by atoms with Crippen LogP contribution >= 0.6 is 0 Å². The Hall–Kier alpha value is -2.45. The molecule has 0 amide bonds. The number of aromatic nitrogens is 4. The molecule has 2 aromatic heterocycles. The summed E-state index contributed by atoms with van der Waals surface area (Å²) in [7, 11) is 0. The molecule has 0 saturated carbocycles. The van der Waals surface area contributed by atoms with Gasteiger partial charge in [-0.3, -0.25) is 14.7 Å². The largest absolute Gasteiger partial charge is 0.433 e. The minimum Gasteiger partial charge on any atom is -0.294 e. The van der Waals surface area contributed by atoms with E-state index in [9.17, 15) is 18.0 Å². The van der Waals surface area contributed by atoms with E-state index in [4.69, 9.17) is 0 Å². The number of alkyl halides is 3. The number of hydrogen-bond acceptors (Lipinski definition) is 5. The molecule has 22 heavy (non-hydrogen) atoms. The van der Waals surface area contributed by atoms with Gasteiger partial charge in [0, 0.05) is 24.0 Å². The van der Waals surface area contributed by atoms with E-state index in [1.54, 1.807) is 26.8 Å². The minimum atomic E-state index is -4.70. The summed E-state index contributed by atoms with van der Waals surface area (Å²) in [4.78, 5) is 23.4. The van der Waals surface area contributed by atoms with Crippen molar-refractivity contribution in [2.75, 3.05) is 5.32 Å². The Bertz CT molecular complexity index is 734. The monoisotopic (exact) mass is 313 g/mol. The van der Waals surface area contributed by atoms with Gasteiger partial charge in [-0.1, -0.05) is 0 Å². The molecule has 0 radical (unpaired) electrons. The molecule has 0 spiro atoms. The average molecular weight is 313 g/mol. The SMILES string of the molecule is CCn1c(Nc2nc(C)cc(C)n2)nc(C(F)(F)F)cc1=O. The zero-order chi connectivity index (χ0) is 16.5. The first kappa shape index (κ1) is 15.9. The molecule has 2 rings (SSSR count). The Labute approximate surface area is 124 Å². The van der Waals surface area contributed by atoms with Crippen molar-refractivity contribution >= 4 is 11.9 Å². The van der Waals surface area contributed by atoms with Gasteiger partial charge < -0.3 is 0 Å². The molecule has 0 fully saturated rings. The summed E-state index contributed by atoms with van der Waals surface area (Å²) in [6.45, 7) is 5.25. The van der Waals surface area contributed by atoms with Gasteiger partial charge in [0.15, 0.2) is 5.69 Å². The number of halogens is 3. The molecule has 0 aliphatic rings. The Kier molecular flexibility index (Phi) is 4.16. The molecule has 0 aliphatic carbocycles. The predicted molar refractivity (Wildman–Crippen MR) is 74.0 cm³/mol. The van der Waals surface area contributed by atoms with Crippen LogP contribution < -0.4 is 10.9 Å². The lowest BCUT2D eigenvalue weighted by molar-refractivity contribution is -0.141. The van der Waals surface area contributed by atoms with Crippen LogP contribution in [0.5, 0.6) is 0 Å². The Morgan fingerprint density at radius 3 is 2.23 bits per heavy atom. The van der Waals surface area contributed by atoms with Crippen LogP contribution in [0.3, 0.4) is 0 Å². The Morgan fingerprint density at radius 1 is 1.14 bits per heavy atom. The van der Waals surface area contributed by atoms with Crippen LogP contribution in [0.4, 0.5) is 25.1 Å². The van der Waals surface area contributed by atoms with Crippen molar-refractivity contribution in [1.82, 2.24) is 19.5 Å². The number of rotatable bonds is 3. The van der Waals surface area contributed by atoms with Crippen LogP contribution in [0, 0.1) is 13.8 Å². The number of anilines is 2. The van der Waals surface area contributed by atoms with E-state index in [2.05, 4.69) is 20.3 Å². The fourth-order valence-corrected chi connectivity index (χ4v) is 1.93. The molecule has 0 saturated heterocycles. The summed E-state index contributed by atoms with van der Waals surface area (Å²) >= 11 is 0. The number of aryl methyl sites for hydroxylation is 2. The fraction of sp³-hybridized carbons (Fsp3) is 0.385. The van der Waals surface area contributed by atoms with Crippen LogP contribution in [0.15, 0.2) is 16.9 Å². The first-order chi connectivity index (χ1) is 10.2. The lowest BCUT2D eigenvalue weighted by Gasteiger charge is -2.14. The van der Waals surface area contributed by atoms with E-state index in [1.807, 2.05) is 0 Å². The number of nitrogens with zero attached hydrogens (tertiary/aromatic N) is 4. The van der Waals surface area contributed by atoms with Crippen molar-refractivity contribution in [2.24, 2.45) is 0 Å². The zero-order valence-corrected chi connectivity index (χ0v) is 12.2. The molecule has 0 unspecified atom stereocenters. The standard InChI is InChI=1S/C13H14F3N5O/c1-4-21-10(22)6-9(13(14,15)16)19-12(21)20-11-17-7(2)5-8(3)18-11/h5-6H,4H2,1-3H3,(H,17,18,19,20). The van der Waals surface area contributed by atoms with Gasteiger partial charge in [0.2, 0.25) is 11.9 Å². The molecule has 118 valence electrons. The maximum atomic E-state index is 12.8. The normalized spacial score (nSPS) is 11.5. The first-order valence-corrected chi connectivity index (χ1v) is 6.49. The van der Waals surface area contributed by atoms with Crippen molar-refractivity contribution in [3.8, 4) is 0 Å². The van der Waals surface area contributed by atoms with E-state index in [0.717, 1.165) is 4.57 Å². The minimum absolute atomic E-state index is 0.0888. The van der Waals surface area contributed by atoms with Crippen molar-refractivity contribution in [3.05, 3.63) is 39.6 Å². The van der Waals surface area contributed by atoms with E-state index in [1.165, 1.54) is 0 Å². The summed E-state index contributed by atoms with van der Waals surface area (Å²) in [6.07, 6.45) is -4.70. The fourth-order valence-electron chi connectivity index (χ4n) is 1.93. The highest BCUT2D eigenvalue weighted by atomic mass is 19.4. The lowest BCUT2D eigenvalue weighted by Crippen LogP contribution is -2.26. The van der Waals surface area contributed by atoms with Gasteiger partial charge in [-0.05, 0) is 26.8 Å². The molecule has 0 aromatic carbocycles. The van der Waals surface area contributed by atoms with Crippen molar-refractivity contribution in [1.29, 1.82) is 0 Å². The first-order valence-electron chi connectivity index (χ1n) is 6.49. The summed E-state index contributed by atoms with van der Waals surface area (Å²) in [5.74, 6) is -0.154. The van der Waals surface area contributed by atoms with Crippen LogP contribution in [-0.2, 0) is 12.7 Å². The summed E-state index contributed by atoms with van der Waals surface area (Å²) in [5.41, 5.74) is -0.759. The van der Waals surface area contributed by atoms with E-state index >= 15 is 0 Å². The van der Waals surface area contributed by atoms with E-state index in [0.29, 0.717) is 17.5 Å². The number of hydrogen-bond donors (Lipinski definition) is 1. The third-order valence-electron chi connectivity index (χ3n) is 2.82. The molecule has 0 aliphatic heterocycles. The topological polar surface area (TPSA) is 72.7 Å². The smallest absolute Gasteiger partial charge is 0.294 e. The third-order valence-corrected chi connectivity index (χ3v) is 2.82. The molecule has 9 heteroatoms. The van der Waals surface area contributed by atoms with Gasteiger partial charge in [0.25, 0.3) is 5.56 Å². The Balaban J connectivity index is 2.53. The summed E-state index contributed by atoms with van der Waals surface area (Å²) in [5, 5.41) is 2.59. The van der Waals surface area contributed by atoms with Crippen LogP contribution in [0.25, 0.3) is 0 Å². The van der Waals surface area contributed by atoms with Gasteiger partial charge in [-0.2, -0.15) is 13.2 Å². The maximum absolute atomic E-state index is 12.8. The van der Waals surface area contributed by atoms with Gasteiger partial charge in [0.05, 0.1) is 0 Å². The van der Waals surface area contributed by atoms with Crippen LogP contribution in [-0.4, -0.2) is 19.5 Å². The van der Waals surface area contributed by atoms with Gasteiger partial charge in [-0.25, -0.2) is 15.0 Å². The second-order valence-corrected chi connectivity index (χ2v) is 4.64. The number of nitrogens with one attached hydrogen (secondary N) is 1. The third kappa shape index (κ3) is 3.41. The van der Waals surface area contributed by atoms with Crippen LogP contribution in [0.1, 0.15) is 24.0 Å². The second-order valence-electron chi connectivity index (χ2n) is 4.64. The molecule has 0 bridgehead atoms. The summed E-state index contributed by atoms with van der Waals surface area (Å²) < 4.78 is 39.4. The van der Waals surface area contributed by atoms with Crippen LogP contribution in [0.2, 0.25) is 0 Å². The van der Waals surface area contributed by atoms with Crippen molar-refractivity contribution in [3.63, 3.8) is 0 Å². The van der Waals surface area contributed by atoms with E-state index < -0.39 is 17.4 Å². The quantitative estimate of drug-likeness (QED) is 0.942. The van der Waals surface area contributed by atoms with Crippen molar-refractivity contribution < 1.29 is 13.2 Å². The maximum Gasteiger partial charge on any atom is 0.433 e.